The maximum atomic E-state index is 11.5. The zero-order valence-corrected chi connectivity index (χ0v) is 10.3. The summed E-state index contributed by atoms with van der Waals surface area (Å²) in [6, 6.07) is -0.446. The van der Waals surface area contributed by atoms with Crippen LogP contribution >= 0.6 is 0 Å². The molecule has 2 amide bonds. The normalized spacial score (nSPS) is 23.7. The summed E-state index contributed by atoms with van der Waals surface area (Å²) >= 11 is 0. The minimum Gasteiger partial charge on any atom is -0.479 e. The van der Waals surface area contributed by atoms with Gasteiger partial charge in [0.05, 0.1) is 6.61 Å². The number of amides is 2. The molecule has 0 spiro atoms. The lowest BCUT2D eigenvalue weighted by Crippen LogP contribution is -2.57. The van der Waals surface area contributed by atoms with Gasteiger partial charge in [-0.1, -0.05) is 13.8 Å². The van der Waals surface area contributed by atoms with Gasteiger partial charge in [-0.05, 0) is 12.3 Å². The summed E-state index contributed by atoms with van der Waals surface area (Å²) in [6.07, 6.45) is 1.17. The van der Waals surface area contributed by atoms with Crippen LogP contribution in [0.5, 0.6) is 0 Å². The fourth-order valence-corrected chi connectivity index (χ4v) is 1.62. The Morgan fingerprint density at radius 2 is 2.18 bits per heavy atom. The van der Waals surface area contributed by atoms with E-state index in [2.05, 4.69) is 24.5 Å². The van der Waals surface area contributed by atoms with Gasteiger partial charge in [-0.3, -0.25) is 0 Å². The van der Waals surface area contributed by atoms with Crippen molar-refractivity contribution in [2.45, 2.75) is 32.2 Å². The van der Waals surface area contributed by atoms with E-state index >= 15 is 0 Å². The highest BCUT2D eigenvalue weighted by atomic mass is 16.5. The van der Waals surface area contributed by atoms with Crippen LogP contribution in [0.1, 0.15) is 26.7 Å². The van der Waals surface area contributed by atoms with Crippen LogP contribution in [0.4, 0.5) is 4.79 Å². The number of aliphatic carboxylic acids is 1. The van der Waals surface area contributed by atoms with Crippen LogP contribution in [-0.2, 0) is 9.53 Å². The Balaban J connectivity index is 2.40. The van der Waals surface area contributed by atoms with Gasteiger partial charge in [0.15, 0.2) is 5.54 Å². The Kier molecular flexibility index (Phi) is 4.74. The number of carboxylic acid groups (broad SMARTS) is 1. The first-order chi connectivity index (χ1) is 7.96. The molecule has 1 aliphatic heterocycles. The Labute approximate surface area is 101 Å². The molecule has 1 heterocycles. The maximum absolute atomic E-state index is 11.5. The molecule has 0 bridgehead atoms. The van der Waals surface area contributed by atoms with Gasteiger partial charge in [0, 0.05) is 19.6 Å². The van der Waals surface area contributed by atoms with Crippen LogP contribution in [0, 0.1) is 5.92 Å². The van der Waals surface area contributed by atoms with E-state index in [1.54, 1.807) is 0 Å². The molecule has 1 atom stereocenters. The fourth-order valence-electron chi connectivity index (χ4n) is 1.62. The van der Waals surface area contributed by atoms with Gasteiger partial charge in [-0.25, -0.2) is 9.59 Å². The molecule has 1 fully saturated rings. The molecule has 17 heavy (non-hydrogen) atoms. The van der Waals surface area contributed by atoms with Crippen molar-refractivity contribution < 1.29 is 19.4 Å². The van der Waals surface area contributed by atoms with Crippen LogP contribution in [0.25, 0.3) is 0 Å². The number of carbonyl (C=O) groups excluding carboxylic acids is 1. The van der Waals surface area contributed by atoms with Crippen molar-refractivity contribution in [2.24, 2.45) is 5.92 Å². The number of hydrogen-bond donors (Lipinski definition) is 3. The van der Waals surface area contributed by atoms with E-state index in [-0.39, 0.29) is 6.61 Å². The monoisotopic (exact) mass is 244 g/mol. The first-order valence-electron chi connectivity index (χ1n) is 5.83. The van der Waals surface area contributed by atoms with Gasteiger partial charge in [-0.2, -0.15) is 0 Å². The standard InChI is InChI=1S/C11H20N2O4/c1-8(2)3-5-12-10(16)13-11(9(14)15)4-6-17-7-11/h8H,3-7H2,1-2H3,(H,14,15)(H2,12,13,16). The molecule has 0 aromatic rings. The smallest absolute Gasteiger partial charge is 0.332 e. The van der Waals surface area contributed by atoms with Crippen molar-refractivity contribution in [2.75, 3.05) is 19.8 Å². The van der Waals surface area contributed by atoms with Gasteiger partial charge in [-0.15, -0.1) is 0 Å². The van der Waals surface area contributed by atoms with Crippen molar-refractivity contribution in [3.05, 3.63) is 0 Å². The van der Waals surface area contributed by atoms with Gasteiger partial charge in [0.1, 0.15) is 0 Å². The highest BCUT2D eigenvalue weighted by molar-refractivity contribution is 5.86. The fraction of sp³-hybridized carbons (Fsp3) is 0.818. The topological polar surface area (TPSA) is 87.7 Å². The molecule has 0 aliphatic carbocycles. The predicted molar refractivity (Wildman–Crippen MR) is 61.8 cm³/mol. The van der Waals surface area contributed by atoms with E-state index in [1.165, 1.54) is 0 Å². The molecule has 0 aromatic heterocycles. The lowest BCUT2D eigenvalue weighted by atomic mass is 9.99. The van der Waals surface area contributed by atoms with E-state index in [9.17, 15) is 9.59 Å². The third-order valence-corrected chi connectivity index (χ3v) is 2.79. The van der Waals surface area contributed by atoms with Crippen molar-refractivity contribution in [3.8, 4) is 0 Å². The third-order valence-electron chi connectivity index (χ3n) is 2.79. The van der Waals surface area contributed by atoms with Crippen LogP contribution < -0.4 is 10.6 Å². The average Bonchev–Trinajstić information content (AvgIpc) is 2.66. The first-order valence-corrected chi connectivity index (χ1v) is 5.83. The Hall–Kier alpha value is -1.30. The van der Waals surface area contributed by atoms with E-state index < -0.39 is 17.5 Å². The van der Waals surface area contributed by atoms with Crippen molar-refractivity contribution in [1.82, 2.24) is 10.6 Å². The highest BCUT2D eigenvalue weighted by Crippen LogP contribution is 2.18. The van der Waals surface area contributed by atoms with Crippen LogP contribution in [-0.4, -0.2) is 42.4 Å². The molecule has 98 valence electrons. The van der Waals surface area contributed by atoms with E-state index in [1.807, 2.05) is 0 Å². The molecule has 1 rings (SSSR count). The molecule has 0 radical (unpaired) electrons. The minimum atomic E-state index is -1.26. The summed E-state index contributed by atoms with van der Waals surface area (Å²) in [4.78, 5) is 22.7. The molecule has 1 aliphatic rings. The number of carboxylic acids is 1. The zero-order valence-electron chi connectivity index (χ0n) is 10.3. The second kappa shape index (κ2) is 5.86. The summed E-state index contributed by atoms with van der Waals surface area (Å²) in [5.74, 6) is -0.549. The first kappa shape index (κ1) is 13.8. The largest absolute Gasteiger partial charge is 0.479 e. The van der Waals surface area contributed by atoms with Gasteiger partial charge in [0.25, 0.3) is 0 Å². The van der Waals surface area contributed by atoms with E-state index in [4.69, 9.17) is 9.84 Å². The molecular weight excluding hydrogens is 224 g/mol. The molecule has 1 saturated heterocycles. The lowest BCUT2D eigenvalue weighted by molar-refractivity contribution is -0.144. The third kappa shape index (κ3) is 3.89. The minimum absolute atomic E-state index is 0.0277. The molecule has 1 unspecified atom stereocenters. The van der Waals surface area contributed by atoms with Crippen molar-refractivity contribution in [3.63, 3.8) is 0 Å². The maximum Gasteiger partial charge on any atom is 0.332 e. The number of hydrogen-bond acceptors (Lipinski definition) is 3. The SMILES string of the molecule is CC(C)CCNC(=O)NC1(C(=O)O)CCOC1. The Bertz CT molecular complexity index is 285. The average molecular weight is 244 g/mol. The summed E-state index contributed by atoms with van der Waals surface area (Å²) < 4.78 is 5.04. The molecule has 0 saturated carbocycles. The van der Waals surface area contributed by atoms with Gasteiger partial charge in [0.2, 0.25) is 0 Å². The molecule has 6 nitrogen and oxygen atoms in total. The van der Waals surface area contributed by atoms with Gasteiger partial charge < -0.3 is 20.5 Å². The molecule has 6 heteroatoms. The number of nitrogens with one attached hydrogen (secondary N) is 2. The predicted octanol–water partition coefficient (Wildman–Crippen LogP) is 0.575. The Morgan fingerprint density at radius 1 is 1.47 bits per heavy atom. The molecular formula is C11H20N2O4. The number of ether oxygens (including phenoxy) is 1. The quantitative estimate of drug-likeness (QED) is 0.660. The summed E-state index contributed by atoms with van der Waals surface area (Å²) in [5.41, 5.74) is -1.26. The van der Waals surface area contributed by atoms with Crippen LogP contribution in [0.3, 0.4) is 0 Å². The van der Waals surface area contributed by atoms with Crippen molar-refractivity contribution >= 4 is 12.0 Å². The zero-order chi connectivity index (χ0) is 12.9. The van der Waals surface area contributed by atoms with Crippen LogP contribution in [0.15, 0.2) is 0 Å². The number of carbonyl (C=O) groups is 2. The van der Waals surface area contributed by atoms with Gasteiger partial charge >= 0.3 is 12.0 Å². The second-order valence-electron chi connectivity index (χ2n) is 4.75. The van der Waals surface area contributed by atoms with E-state index in [0.717, 1.165) is 6.42 Å². The lowest BCUT2D eigenvalue weighted by Gasteiger charge is -2.23. The summed E-state index contributed by atoms with van der Waals surface area (Å²) in [5, 5.41) is 14.2. The molecule has 3 N–H and O–H groups in total. The Morgan fingerprint density at radius 3 is 2.65 bits per heavy atom. The highest BCUT2D eigenvalue weighted by Gasteiger charge is 2.43. The second-order valence-corrected chi connectivity index (χ2v) is 4.75. The van der Waals surface area contributed by atoms with E-state index in [0.29, 0.717) is 25.5 Å². The number of rotatable bonds is 5. The van der Waals surface area contributed by atoms with Crippen molar-refractivity contribution in [1.29, 1.82) is 0 Å². The summed E-state index contributed by atoms with van der Waals surface area (Å²) in [7, 11) is 0. The molecule has 0 aromatic carbocycles. The van der Waals surface area contributed by atoms with Crippen LogP contribution in [0.2, 0.25) is 0 Å². The summed E-state index contributed by atoms with van der Waals surface area (Å²) in [6.45, 7) is 5.05. The number of urea groups is 1.